The Morgan fingerprint density at radius 2 is 1.67 bits per heavy atom. The van der Waals surface area contributed by atoms with Crippen LogP contribution < -0.4 is 5.32 Å². The van der Waals surface area contributed by atoms with Gasteiger partial charge < -0.3 is 10.1 Å². The summed E-state index contributed by atoms with van der Waals surface area (Å²) in [5.74, 6) is -1.78. The van der Waals surface area contributed by atoms with Gasteiger partial charge in [0.05, 0.1) is 11.5 Å². The molecular formula is C24H26FNO4. The molecule has 1 fully saturated rings. The lowest BCUT2D eigenvalue weighted by atomic mass is 9.78. The topological polar surface area (TPSA) is 72.5 Å². The lowest BCUT2D eigenvalue weighted by Crippen LogP contribution is -2.44. The Labute approximate surface area is 175 Å². The first-order valence-electron chi connectivity index (χ1n) is 10.2. The summed E-state index contributed by atoms with van der Waals surface area (Å²) in [5, 5.41) is 2.63. The molecule has 1 atom stereocenters. The molecule has 6 heteroatoms. The molecule has 158 valence electrons. The molecule has 30 heavy (non-hydrogen) atoms. The first-order chi connectivity index (χ1) is 14.4. The Morgan fingerprint density at radius 3 is 2.30 bits per heavy atom. The number of ketones is 1. The van der Waals surface area contributed by atoms with Crippen LogP contribution in [0.4, 0.5) is 4.39 Å². The standard InChI is InChI=1S/C24H26FNO4/c1-17(27)21(15-18-9-3-2-4-10-18)26-22(28)16-30-23(29)24(13-7-8-14-24)19-11-5-6-12-20(19)25/h2-6,9-12,21H,7-8,13-16H2,1H3,(H,26,28)/t21-/m1/s1. The maximum Gasteiger partial charge on any atom is 0.317 e. The third kappa shape index (κ3) is 4.93. The van der Waals surface area contributed by atoms with E-state index in [1.165, 1.54) is 13.0 Å². The summed E-state index contributed by atoms with van der Waals surface area (Å²) < 4.78 is 19.7. The molecule has 1 aliphatic carbocycles. The van der Waals surface area contributed by atoms with Crippen molar-refractivity contribution in [2.24, 2.45) is 0 Å². The SMILES string of the molecule is CC(=O)[C@@H](Cc1ccccc1)NC(=O)COC(=O)C1(c2ccccc2F)CCCC1. The number of hydrogen-bond donors (Lipinski definition) is 1. The molecule has 1 N–H and O–H groups in total. The van der Waals surface area contributed by atoms with E-state index in [2.05, 4.69) is 5.32 Å². The lowest BCUT2D eigenvalue weighted by Gasteiger charge is -2.27. The number of amides is 1. The van der Waals surface area contributed by atoms with Gasteiger partial charge in [-0.3, -0.25) is 14.4 Å². The highest BCUT2D eigenvalue weighted by Gasteiger charge is 2.46. The van der Waals surface area contributed by atoms with E-state index in [1.807, 2.05) is 30.3 Å². The van der Waals surface area contributed by atoms with Crippen molar-refractivity contribution in [3.8, 4) is 0 Å². The monoisotopic (exact) mass is 411 g/mol. The summed E-state index contributed by atoms with van der Waals surface area (Å²) in [4.78, 5) is 37.2. The Kier molecular flexibility index (Phi) is 6.98. The van der Waals surface area contributed by atoms with Crippen molar-refractivity contribution in [1.29, 1.82) is 0 Å². The van der Waals surface area contributed by atoms with Crippen molar-refractivity contribution in [2.75, 3.05) is 6.61 Å². The van der Waals surface area contributed by atoms with Crippen molar-refractivity contribution >= 4 is 17.7 Å². The zero-order valence-electron chi connectivity index (χ0n) is 17.0. The van der Waals surface area contributed by atoms with E-state index in [9.17, 15) is 18.8 Å². The summed E-state index contributed by atoms with van der Waals surface area (Å²) in [5.41, 5.74) is 0.174. The van der Waals surface area contributed by atoms with Crippen LogP contribution in [-0.4, -0.2) is 30.3 Å². The highest BCUT2D eigenvalue weighted by molar-refractivity contribution is 5.90. The van der Waals surface area contributed by atoms with Gasteiger partial charge in [0.25, 0.3) is 5.91 Å². The van der Waals surface area contributed by atoms with Crippen LogP contribution in [0.1, 0.15) is 43.7 Å². The molecule has 0 aromatic heterocycles. The third-order valence-electron chi connectivity index (χ3n) is 5.68. The second kappa shape index (κ2) is 9.65. The fourth-order valence-electron chi connectivity index (χ4n) is 4.06. The molecule has 1 amide bonds. The van der Waals surface area contributed by atoms with Gasteiger partial charge in [-0.2, -0.15) is 0 Å². The normalized spacial score (nSPS) is 15.9. The Bertz CT molecular complexity index is 906. The van der Waals surface area contributed by atoms with Gasteiger partial charge in [-0.05, 0) is 37.8 Å². The number of nitrogens with one attached hydrogen (secondary N) is 1. The molecule has 0 unspecified atom stereocenters. The van der Waals surface area contributed by atoms with Gasteiger partial charge in [0.1, 0.15) is 5.82 Å². The van der Waals surface area contributed by atoms with Gasteiger partial charge in [-0.1, -0.05) is 61.4 Å². The minimum Gasteiger partial charge on any atom is -0.455 e. The first-order valence-corrected chi connectivity index (χ1v) is 10.2. The van der Waals surface area contributed by atoms with Gasteiger partial charge >= 0.3 is 5.97 Å². The smallest absolute Gasteiger partial charge is 0.317 e. The molecule has 0 bridgehead atoms. The van der Waals surface area contributed by atoms with Crippen LogP contribution in [0.3, 0.4) is 0 Å². The molecule has 5 nitrogen and oxygen atoms in total. The Balaban J connectivity index is 1.63. The molecule has 0 saturated heterocycles. The average molecular weight is 411 g/mol. The zero-order chi connectivity index (χ0) is 21.6. The van der Waals surface area contributed by atoms with Crippen molar-refractivity contribution in [3.05, 3.63) is 71.5 Å². The van der Waals surface area contributed by atoms with E-state index in [1.54, 1.807) is 18.2 Å². The summed E-state index contributed by atoms with van der Waals surface area (Å²) in [7, 11) is 0. The highest BCUT2D eigenvalue weighted by Crippen LogP contribution is 2.43. The number of esters is 1. The molecule has 2 aromatic carbocycles. The fourth-order valence-corrected chi connectivity index (χ4v) is 4.06. The molecule has 0 spiro atoms. The largest absolute Gasteiger partial charge is 0.455 e. The number of ether oxygens (including phenoxy) is 1. The summed E-state index contributed by atoms with van der Waals surface area (Å²) in [6.07, 6.45) is 2.91. The van der Waals surface area contributed by atoms with Crippen LogP contribution in [-0.2, 0) is 31.0 Å². The zero-order valence-corrected chi connectivity index (χ0v) is 17.0. The van der Waals surface area contributed by atoms with E-state index in [0.29, 0.717) is 24.8 Å². The van der Waals surface area contributed by atoms with Crippen molar-refractivity contribution in [2.45, 2.75) is 50.5 Å². The van der Waals surface area contributed by atoms with Crippen LogP contribution in [0, 0.1) is 5.82 Å². The van der Waals surface area contributed by atoms with E-state index < -0.39 is 35.8 Å². The van der Waals surface area contributed by atoms with Crippen molar-refractivity contribution < 1.29 is 23.5 Å². The minimum atomic E-state index is -1.06. The van der Waals surface area contributed by atoms with E-state index in [4.69, 9.17) is 4.74 Å². The number of rotatable bonds is 8. The van der Waals surface area contributed by atoms with Crippen LogP contribution in [0.25, 0.3) is 0 Å². The van der Waals surface area contributed by atoms with Crippen molar-refractivity contribution in [3.63, 3.8) is 0 Å². The van der Waals surface area contributed by atoms with Gasteiger partial charge in [-0.15, -0.1) is 0 Å². The molecule has 0 heterocycles. The van der Waals surface area contributed by atoms with Gasteiger partial charge in [0, 0.05) is 5.56 Å². The number of carbonyl (C=O) groups is 3. The summed E-state index contributed by atoms with van der Waals surface area (Å²) in [6.45, 7) is 0.902. The van der Waals surface area contributed by atoms with Crippen LogP contribution in [0.15, 0.2) is 54.6 Å². The molecule has 1 saturated carbocycles. The molecule has 2 aromatic rings. The molecule has 0 radical (unpaired) electrons. The maximum atomic E-state index is 14.4. The second-order valence-electron chi connectivity index (χ2n) is 7.77. The predicted octanol–water partition coefficient (Wildman–Crippen LogP) is 3.50. The highest BCUT2D eigenvalue weighted by atomic mass is 19.1. The molecular weight excluding hydrogens is 385 g/mol. The molecule has 3 rings (SSSR count). The van der Waals surface area contributed by atoms with Gasteiger partial charge in [0.15, 0.2) is 12.4 Å². The Hall–Kier alpha value is -3.02. The average Bonchev–Trinajstić information content (AvgIpc) is 3.23. The van der Waals surface area contributed by atoms with Gasteiger partial charge in [-0.25, -0.2) is 4.39 Å². The number of benzene rings is 2. The number of Topliss-reactive ketones (excluding diaryl/α,β-unsaturated/α-hetero) is 1. The van der Waals surface area contributed by atoms with Gasteiger partial charge in [0.2, 0.25) is 0 Å². The van der Waals surface area contributed by atoms with Crippen LogP contribution >= 0.6 is 0 Å². The van der Waals surface area contributed by atoms with Crippen molar-refractivity contribution in [1.82, 2.24) is 5.32 Å². The summed E-state index contributed by atoms with van der Waals surface area (Å²) in [6, 6.07) is 14.9. The van der Waals surface area contributed by atoms with E-state index in [-0.39, 0.29) is 5.78 Å². The fraction of sp³-hybridized carbons (Fsp3) is 0.375. The third-order valence-corrected chi connectivity index (χ3v) is 5.68. The van der Waals surface area contributed by atoms with E-state index in [0.717, 1.165) is 18.4 Å². The second-order valence-corrected chi connectivity index (χ2v) is 7.77. The number of carbonyl (C=O) groups excluding carboxylic acids is 3. The Morgan fingerprint density at radius 1 is 1.03 bits per heavy atom. The lowest BCUT2D eigenvalue weighted by molar-refractivity contribution is -0.154. The van der Waals surface area contributed by atoms with Crippen LogP contribution in [0.5, 0.6) is 0 Å². The maximum absolute atomic E-state index is 14.4. The summed E-state index contributed by atoms with van der Waals surface area (Å²) >= 11 is 0. The quantitative estimate of drug-likeness (QED) is 0.675. The van der Waals surface area contributed by atoms with Crippen LogP contribution in [0.2, 0.25) is 0 Å². The van der Waals surface area contributed by atoms with E-state index >= 15 is 0 Å². The number of halogens is 1. The molecule has 1 aliphatic rings. The predicted molar refractivity (Wildman–Crippen MR) is 110 cm³/mol. The first kappa shape index (κ1) is 21.7. The number of hydrogen-bond acceptors (Lipinski definition) is 4. The minimum absolute atomic E-state index is 0.183. The molecule has 0 aliphatic heterocycles.